The lowest BCUT2D eigenvalue weighted by Crippen LogP contribution is -2.60. The molecule has 96 valence electrons. The summed E-state index contributed by atoms with van der Waals surface area (Å²) in [6.07, 6.45) is 4.29. The van der Waals surface area contributed by atoms with Crippen LogP contribution in [0.1, 0.15) is 46.0 Å². The summed E-state index contributed by atoms with van der Waals surface area (Å²) in [6, 6.07) is 0. The molecule has 0 heterocycles. The van der Waals surface area contributed by atoms with Gasteiger partial charge in [0.15, 0.2) is 0 Å². The van der Waals surface area contributed by atoms with Gasteiger partial charge in [0.05, 0.1) is 0 Å². The number of amides is 1. The van der Waals surface area contributed by atoms with E-state index in [1.807, 2.05) is 13.8 Å². The largest absolute Gasteiger partial charge is 0.479 e. The van der Waals surface area contributed by atoms with Gasteiger partial charge in [0.1, 0.15) is 5.54 Å². The van der Waals surface area contributed by atoms with Crippen LogP contribution in [0.15, 0.2) is 0 Å². The van der Waals surface area contributed by atoms with Crippen LogP contribution in [0, 0.1) is 17.8 Å². The van der Waals surface area contributed by atoms with Crippen molar-refractivity contribution in [2.24, 2.45) is 17.8 Å². The van der Waals surface area contributed by atoms with E-state index in [4.69, 9.17) is 0 Å². The lowest BCUT2D eigenvalue weighted by atomic mass is 9.73. The minimum atomic E-state index is -1.02. The van der Waals surface area contributed by atoms with Crippen LogP contribution in [0.5, 0.6) is 0 Å². The van der Waals surface area contributed by atoms with Crippen LogP contribution in [0.4, 0.5) is 0 Å². The van der Waals surface area contributed by atoms with Gasteiger partial charge in [0.25, 0.3) is 0 Å². The standard InChI is InChI=1S/C13H21NO3/c1-8-7-10(8)11(15)14-13(12(16)17)6-4-3-5-9(13)2/h8-10H,3-7H2,1-2H3,(H,14,15)(H,16,17). The van der Waals surface area contributed by atoms with Gasteiger partial charge in [-0.25, -0.2) is 4.79 Å². The zero-order chi connectivity index (χ0) is 12.6. The minimum absolute atomic E-state index is 0.0201. The molecule has 4 nitrogen and oxygen atoms in total. The van der Waals surface area contributed by atoms with Gasteiger partial charge in [-0.2, -0.15) is 0 Å². The quantitative estimate of drug-likeness (QED) is 0.789. The van der Waals surface area contributed by atoms with Gasteiger partial charge in [0.2, 0.25) is 5.91 Å². The fraction of sp³-hybridized carbons (Fsp3) is 0.846. The maximum atomic E-state index is 12.0. The average molecular weight is 239 g/mol. The van der Waals surface area contributed by atoms with Crippen LogP contribution in [0.25, 0.3) is 0 Å². The number of carbonyl (C=O) groups is 2. The van der Waals surface area contributed by atoms with E-state index in [2.05, 4.69) is 5.32 Å². The zero-order valence-electron chi connectivity index (χ0n) is 10.5. The van der Waals surface area contributed by atoms with E-state index in [1.165, 1.54) is 0 Å². The average Bonchev–Trinajstić information content (AvgIpc) is 2.99. The molecule has 2 rings (SSSR count). The minimum Gasteiger partial charge on any atom is -0.479 e. The van der Waals surface area contributed by atoms with E-state index in [1.54, 1.807) is 0 Å². The number of carboxylic acid groups (broad SMARTS) is 1. The van der Waals surface area contributed by atoms with Gasteiger partial charge in [-0.3, -0.25) is 4.79 Å². The van der Waals surface area contributed by atoms with Crippen molar-refractivity contribution >= 4 is 11.9 Å². The molecular weight excluding hydrogens is 218 g/mol. The Morgan fingerprint density at radius 2 is 1.94 bits per heavy atom. The summed E-state index contributed by atoms with van der Waals surface area (Å²) in [5.41, 5.74) is -1.02. The highest BCUT2D eigenvalue weighted by Crippen LogP contribution is 2.40. The second-order valence-corrected chi connectivity index (χ2v) is 5.73. The molecule has 0 saturated heterocycles. The molecule has 0 aliphatic heterocycles. The predicted octanol–water partition coefficient (Wildman–Crippen LogP) is 1.79. The van der Waals surface area contributed by atoms with Gasteiger partial charge >= 0.3 is 5.97 Å². The van der Waals surface area contributed by atoms with Crippen molar-refractivity contribution in [2.75, 3.05) is 0 Å². The SMILES string of the molecule is CC1CC1C(=O)NC1(C(=O)O)CCCCC1C. The second kappa shape index (κ2) is 4.31. The fourth-order valence-electron chi connectivity index (χ4n) is 2.90. The first kappa shape index (κ1) is 12.4. The molecule has 0 spiro atoms. The summed E-state index contributed by atoms with van der Waals surface area (Å²) in [4.78, 5) is 23.5. The van der Waals surface area contributed by atoms with Gasteiger partial charge in [0, 0.05) is 5.92 Å². The molecule has 4 heteroatoms. The summed E-state index contributed by atoms with van der Waals surface area (Å²) >= 11 is 0. The van der Waals surface area contributed by atoms with Crippen LogP contribution < -0.4 is 5.32 Å². The number of nitrogens with one attached hydrogen (secondary N) is 1. The molecule has 2 aliphatic carbocycles. The number of rotatable bonds is 3. The van der Waals surface area contributed by atoms with Crippen molar-refractivity contribution in [3.05, 3.63) is 0 Å². The monoisotopic (exact) mass is 239 g/mol. The van der Waals surface area contributed by atoms with Crippen molar-refractivity contribution in [1.82, 2.24) is 5.32 Å². The molecule has 4 atom stereocenters. The first-order chi connectivity index (χ1) is 7.97. The number of carboxylic acids is 1. The molecule has 2 N–H and O–H groups in total. The highest BCUT2D eigenvalue weighted by Gasteiger charge is 2.49. The first-order valence-electron chi connectivity index (χ1n) is 6.53. The number of aliphatic carboxylic acids is 1. The Bertz CT molecular complexity index is 342. The van der Waals surface area contributed by atoms with E-state index in [0.29, 0.717) is 12.3 Å². The van der Waals surface area contributed by atoms with Crippen molar-refractivity contribution in [3.63, 3.8) is 0 Å². The Kier molecular flexibility index (Phi) is 3.15. The first-order valence-corrected chi connectivity index (χ1v) is 6.53. The number of hydrogen-bond donors (Lipinski definition) is 2. The van der Waals surface area contributed by atoms with Crippen molar-refractivity contribution in [2.45, 2.75) is 51.5 Å². The Balaban J connectivity index is 2.10. The molecule has 0 radical (unpaired) electrons. The summed E-state index contributed by atoms with van der Waals surface area (Å²) in [5, 5.41) is 12.3. The topological polar surface area (TPSA) is 66.4 Å². The third kappa shape index (κ3) is 2.17. The van der Waals surface area contributed by atoms with Gasteiger partial charge < -0.3 is 10.4 Å². The molecule has 0 bridgehead atoms. The summed E-state index contributed by atoms with van der Waals surface area (Å²) < 4.78 is 0. The fourth-order valence-corrected chi connectivity index (χ4v) is 2.90. The van der Waals surface area contributed by atoms with Crippen LogP contribution in [-0.4, -0.2) is 22.5 Å². The normalized spacial score (nSPS) is 40.7. The molecule has 0 aromatic rings. The van der Waals surface area contributed by atoms with E-state index in [-0.39, 0.29) is 17.7 Å². The van der Waals surface area contributed by atoms with Gasteiger partial charge in [-0.05, 0) is 31.1 Å². The third-order valence-electron chi connectivity index (χ3n) is 4.47. The van der Waals surface area contributed by atoms with Crippen LogP contribution in [0.2, 0.25) is 0 Å². The van der Waals surface area contributed by atoms with Crippen molar-refractivity contribution < 1.29 is 14.7 Å². The van der Waals surface area contributed by atoms with Crippen LogP contribution >= 0.6 is 0 Å². The maximum Gasteiger partial charge on any atom is 0.329 e. The van der Waals surface area contributed by atoms with Crippen molar-refractivity contribution in [3.8, 4) is 0 Å². The second-order valence-electron chi connectivity index (χ2n) is 5.73. The highest BCUT2D eigenvalue weighted by molar-refractivity contribution is 5.89. The zero-order valence-corrected chi connectivity index (χ0v) is 10.5. The molecule has 0 aromatic heterocycles. The Morgan fingerprint density at radius 3 is 2.41 bits per heavy atom. The number of carbonyl (C=O) groups excluding carboxylic acids is 1. The van der Waals surface area contributed by atoms with E-state index >= 15 is 0 Å². The third-order valence-corrected chi connectivity index (χ3v) is 4.47. The molecular formula is C13H21NO3. The molecule has 2 fully saturated rings. The molecule has 2 aliphatic rings. The lowest BCUT2D eigenvalue weighted by Gasteiger charge is -2.39. The molecule has 1 amide bonds. The molecule has 4 unspecified atom stereocenters. The van der Waals surface area contributed by atoms with E-state index in [0.717, 1.165) is 25.7 Å². The highest BCUT2D eigenvalue weighted by atomic mass is 16.4. The van der Waals surface area contributed by atoms with Gasteiger partial charge in [-0.1, -0.05) is 26.7 Å². The number of hydrogen-bond acceptors (Lipinski definition) is 2. The Morgan fingerprint density at radius 1 is 1.29 bits per heavy atom. The Labute approximate surface area is 102 Å². The van der Waals surface area contributed by atoms with Crippen LogP contribution in [-0.2, 0) is 9.59 Å². The Hall–Kier alpha value is -1.06. The van der Waals surface area contributed by atoms with Crippen molar-refractivity contribution in [1.29, 1.82) is 0 Å². The molecule has 0 aromatic carbocycles. The maximum absolute atomic E-state index is 12.0. The summed E-state index contributed by atoms with van der Waals surface area (Å²) in [7, 11) is 0. The molecule has 2 saturated carbocycles. The van der Waals surface area contributed by atoms with Gasteiger partial charge in [-0.15, -0.1) is 0 Å². The molecule has 17 heavy (non-hydrogen) atoms. The smallest absolute Gasteiger partial charge is 0.329 e. The summed E-state index contributed by atoms with van der Waals surface area (Å²) in [5.74, 6) is -0.452. The lowest BCUT2D eigenvalue weighted by molar-refractivity contribution is -0.152. The van der Waals surface area contributed by atoms with E-state index in [9.17, 15) is 14.7 Å². The van der Waals surface area contributed by atoms with E-state index < -0.39 is 11.5 Å². The van der Waals surface area contributed by atoms with Crippen LogP contribution in [0.3, 0.4) is 0 Å². The predicted molar refractivity (Wildman–Crippen MR) is 63.4 cm³/mol. The summed E-state index contributed by atoms with van der Waals surface area (Å²) in [6.45, 7) is 3.96.